The van der Waals surface area contributed by atoms with Gasteiger partial charge in [-0.25, -0.2) is 0 Å². The number of carbonyl (C=O) groups excluding carboxylic acids is 1. The number of amides is 1. The lowest BCUT2D eigenvalue weighted by Gasteiger charge is -2.26. The fourth-order valence-electron chi connectivity index (χ4n) is 3.23. The highest BCUT2D eigenvalue weighted by molar-refractivity contribution is 5.88. The molecule has 3 aromatic rings. The molecule has 4 rings (SSSR count). The summed E-state index contributed by atoms with van der Waals surface area (Å²) >= 11 is 0. The Hall–Kier alpha value is -3.12. The van der Waals surface area contributed by atoms with Gasteiger partial charge in [-0.1, -0.05) is 18.2 Å². The highest BCUT2D eigenvalue weighted by Crippen LogP contribution is 2.28. The van der Waals surface area contributed by atoms with Gasteiger partial charge in [0, 0.05) is 24.8 Å². The first-order valence-electron chi connectivity index (χ1n) is 9.24. The van der Waals surface area contributed by atoms with Crippen LogP contribution in [0.15, 0.2) is 54.9 Å². The van der Waals surface area contributed by atoms with E-state index in [-0.39, 0.29) is 12.5 Å². The van der Waals surface area contributed by atoms with Crippen LogP contribution in [0.4, 0.5) is 0 Å². The largest absolute Gasteiger partial charge is 0.495 e. The molecule has 1 amide bonds. The van der Waals surface area contributed by atoms with Crippen molar-refractivity contribution in [3.8, 4) is 22.6 Å². The molecule has 6 nitrogen and oxygen atoms in total. The molecule has 1 fully saturated rings. The van der Waals surface area contributed by atoms with Crippen molar-refractivity contribution in [1.29, 1.82) is 0 Å². The van der Waals surface area contributed by atoms with Gasteiger partial charge in [0.2, 0.25) is 0 Å². The zero-order chi connectivity index (χ0) is 19.3. The summed E-state index contributed by atoms with van der Waals surface area (Å²) < 4.78 is 16.3. The van der Waals surface area contributed by atoms with E-state index in [0.717, 1.165) is 27.6 Å². The zero-order valence-electron chi connectivity index (χ0n) is 15.8. The van der Waals surface area contributed by atoms with E-state index in [0.29, 0.717) is 32.1 Å². The maximum Gasteiger partial charge on any atom is 0.260 e. The van der Waals surface area contributed by atoms with Crippen LogP contribution in [0.5, 0.6) is 11.5 Å². The first-order valence-corrected chi connectivity index (χ1v) is 9.24. The Morgan fingerprint density at radius 2 is 1.82 bits per heavy atom. The third-order valence-corrected chi connectivity index (χ3v) is 4.82. The number of nitrogens with zero attached hydrogens (tertiary/aromatic N) is 2. The molecule has 1 aromatic heterocycles. The van der Waals surface area contributed by atoms with Crippen molar-refractivity contribution in [2.75, 3.05) is 40.0 Å². The number of morpholine rings is 1. The van der Waals surface area contributed by atoms with Crippen LogP contribution in [-0.4, -0.2) is 55.8 Å². The Morgan fingerprint density at radius 1 is 1.00 bits per heavy atom. The average Bonchev–Trinajstić information content (AvgIpc) is 2.77. The third kappa shape index (κ3) is 4.07. The summed E-state index contributed by atoms with van der Waals surface area (Å²) in [7, 11) is 1.63. The molecule has 1 saturated heterocycles. The predicted molar refractivity (Wildman–Crippen MR) is 107 cm³/mol. The Kier molecular flexibility index (Phi) is 5.39. The number of pyridine rings is 1. The molecule has 1 aliphatic heterocycles. The lowest BCUT2D eigenvalue weighted by atomic mass is 10.0. The van der Waals surface area contributed by atoms with Gasteiger partial charge in [-0.05, 0) is 40.6 Å². The summed E-state index contributed by atoms with van der Waals surface area (Å²) in [5.74, 6) is 1.38. The second kappa shape index (κ2) is 8.27. The molecule has 0 bridgehead atoms. The maximum atomic E-state index is 12.3. The van der Waals surface area contributed by atoms with Crippen molar-refractivity contribution in [2.45, 2.75) is 0 Å². The molecule has 2 heterocycles. The number of ether oxygens (including phenoxy) is 3. The quantitative estimate of drug-likeness (QED) is 0.683. The molecule has 0 atom stereocenters. The fraction of sp³-hybridized carbons (Fsp3) is 0.273. The molecular formula is C22H22N2O4. The molecule has 0 N–H and O–H groups in total. The molecule has 0 saturated carbocycles. The normalized spacial score (nSPS) is 14.1. The number of rotatable bonds is 5. The lowest BCUT2D eigenvalue weighted by molar-refractivity contribution is -0.137. The van der Waals surface area contributed by atoms with Crippen molar-refractivity contribution in [3.05, 3.63) is 54.9 Å². The molecular weight excluding hydrogens is 356 g/mol. The Morgan fingerprint density at radius 3 is 2.64 bits per heavy atom. The first-order chi connectivity index (χ1) is 13.7. The molecule has 0 radical (unpaired) electrons. The molecule has 6 heteroatoms. The van der Waals surface area contributed by atoms with E-state index in [1.165, 1.54) is 0 Å². The predicted octanol–water partition coefficient (Wildman–Crippen LogP) is 3.15. The highest BCUT2D eigenvalue weighted by Gasteiger charge is 2.17. The average molecular weight is 378 g/mol. The second-order valence-electron chi connectivity index (χ2n) is 6.62. The van der Waals surface area contributed by atoms with Crippen molar-refractivity contribution in [3.63, 3.8) is 0 Å². The van der Waals surface area contributed by atoms with E-state index >= 15 is 0 Å². The molecule has 144 valence electrons. The van der Waals surface area contributed by atoms with Crippen LogP contribution in [0.3, 0.4) is 0 Å². The van der Waals surface area contributed by atoms with E-state index in [1.54, 1.807) is 18.2 Å². The number of hydrogen-bond donors (Lipinski definition) is 0. The van der Waals surface area contributed by atoms with Gasteiger partial charge >= 0.3 is 0 Å². The standard InChI is InChI=1S/C22H22N2O4/c1-26-21-12-19(13-23-14-21)17-3-2-16-4-5-20(11-18(16)10-17)28-15-22(25)24-6-8-27-9-7-24/h2-5,10-14H,6-9,15H2,1H3. The van der Waals surface area contributed by atoms with Crippen LogP contribution >= 0.6 is 0 Å². The van der Waals surface area contributed by atoms with E-state index in [4.69, 9.17) is 14.2 Å². The van der Waals surface area contributed by atoms with Gasteiger partial charge in [0.25, 0.3) is 5.91 Å². The third-order valence-electron chi connectivity index (χ3n) is 4.82. The second-order valence-corrected chi connectivity index (χ2v) is 6.62. The van der Waals surface area contributed by atoms with Crippen LogP contribution in [0.1, 0.15) is 0 Å². The van der Waals surface area contributed by atoms with Gasteiger partial charge in [0.05, 0.1) is 26.5 Å². The number of carbonyl (C=O) groups is 1. The Bertz CT molecular complexity index is 983. The lowest BCUT2D eigenvalue weighted by Crippen LogP contribution is -2.42. The maximum absolute atomic E-state index is 12.3. The summed E-state index contributed by atoms with van der Waals surface area (Å²) in [5, 5.41) is 2.14. The molecule has 1 aliphatic rings. The van der Waals surface area contributed by atoms with Crippen LogP contribution < -0.4 is 9.47 Å². The van der Waals surface area contributed by atoms with Gasteiger partial charge in [-0.15, -0.1) is 0 Å². The van der Waals surface area contributed by atoms with E-state index in [1.807, 2.05) is 30.5 Å². The summed E-state index contributed by atoms with van der Waals surface area (Å²) in [5.41, 5.74) is 2.02. The van der Waals surface area contributed by atoms with Gasteiger partial charge in [-0.3, -0.25) is 9.78 Å². The van der Waals surface area contributed by atoms with Gasteiger partial charge in [-0.2, -0.15) is 0 Å². The number of aromatic nitrogens is 1. The first kappa shape index (κ1) is 18.3. The number of fused-ring (bicyclic) bond motifs is 1. The van der Waals surface area contributed by atoms with Crippen LogP contribution in [0.2, 0.25) is 0 Å². The number of methoxy groups -OCH3 is 1. The minimum atomic E-state index is -0.0143. The van der Waals surface area contributed by atoms with Crippen LogP contribution in [0, 0.1) is 0 Å². The highest BCUT2D eigenvalue weighted by atomic mass is 16.5. The Balaban J connectivity index is 1.51. The van der Waals surface area contributed by atoms with Crippen molar-refractivity contribution in [2.24, 2.45) is 0 Å². The molecule has 2 aromatic carbocycles. The Labute approximate surface area is 163 Å². The van der Waals surface area contributed by atoms with Crippen molar-refractivity contribution >= 4 is 16.7 Å². The molecule has 0 spiro atoms. The van der Waals surface area contributed by atoms with Crippen molar-refractivity contribution in [1.82, 2.24) is 9.88 Å². The van der Waals surface area contributed by atoms with Crippen molar-refractivity contribution < 1.29 is 19.0 Å². The van der Waals surface area contributed by atoms with Gasteiger partial charge in [0.1, 0.15) is 11.5 Å². The summed E-state index contributed by atoms with van der Waals surface area (Å²) in [4.78, 5) is 18.3. The summed E-state index contributed by atoms with van der Waals surface area (Å²) in [6, 6.07) is 14.0. The zero-order valence-corrected chi connectivity index (χ0v) is 15.8. The summed E-state index contributed by atoms with van der Waals surface area (Å²) in [6.07, 6.45) is 3.49. The van der Waals surface area contributed by atoms with Crippen LogP contribution in [0.25, 0.3) is 21.9 Å². The van der Waals surface area contributed by atoms with E-state index < -0.39 is 0 Å². The topological polar surface area (TPSA) is 60.9 Å². The van der Waals surface area contributed by atoms with E-state index in [2.05, 4.69) is 23.2 Å². The van der Waals surface area contributed by atoms with Crippen LogP contribution in [-0.2, 0) is 9.53 Å². The monoisotopic (exact) mass is 378 g/mol. The van der Waals surface area contributed by atoms with Gasteiger partial charge in [0.15, 0.2) is 6.61 Å². The van der Waals surface area contributed by atoms with Gasteiger partial charge < -0.3 is 19.1 Å². The molecule has 0 aliphatic carbocycles. The molecule has 28 heavy (non-hydrogen) atoms. The minimum absolute atomic E-state index is 0.0143. The van der Waals surface area contributed by atoms with E-state index in [9.17, 15) is 4.79 Å². The number of hydrogen-bond acceptors (Lipinski definition) is 5. The smallest absolute Gasteiger partial charge is 0.260 e. The minimum Gasteiger partial charge on any atom is -0.495 e. The fourth-order valence-corrected chi connectivity index (χ4v) is 3.23. The number of benzene rings is 2. The summed E-state index contributed by atoms with van der Waals surface area (Å²) in [6.45, 7) is 2.45. The SMILES string of the molecule is COc1cncc(-c2ccc3ccc(OCC(=O)N4CCOCC4)cc3c2)c1. The molecule has 0 unspecified atom stereocenters.